The van der Waals surface area contributed by atoms with E-state index in [-0.39, 0.29) is 12.2 Å². The van der Waals surface area contributed by atoms with Crippen LogP contribution in [0.5, 0.6) is 0 Å². The summed E-state index contributed by atoms with van der Waals surface area (Å²) in [6, 6.07) is 3.78. The van der Waals surface area contributed by atoms with Gasteiger partial charge in [0.05, 0.1) is 17.9 Å². The molecule has 0 atom stereocenters. The quantitative estimate of drug-likeness (QED) is 0.836. The molecule has 0 unspecified atom stereocenters. The van der Waals surface area contributed by atoms with Crippen molar-refractivity contribution in [2.75, 3.05) is 5.32 Å². The maximum Gasteiger partial charge on any atom is 0.196 e. The number of aryl methyl sites for hydroxylation is 1. The third-order valence-corrected chi connectivity index (χ3v) is 2.42. The molecule has 0 saturated carbocycles. The van der Waals surface area contributed by atoms with Crippen LogP contribution in [-0.2, 0) is 13.6 Å². The second kappa shape index (κ2) is 4.48. The molecule has 0 spiro atoms. The Morgan fingerprint density at radius 3 is 2.59 bits per heavy atom. The first-order valence-corrected chi connectivity index (χ1v) is 4.94. The Morgan fingerprint density at radius 2 is 1.94 bits per heavy atom. The Hall–Kier alpha value is -1.98. The largest absolute Gasteiger partial charge is 0.377 e. The number of halogens is 3. The van der Waals surface area contributed by atoms with E-state index in [1.54, 1.807) is 24.0 Å². The predicted molar refractivity (Wildman–Crippen MR) is 56.9 cm³/mol. The van der Waals surface area contributed by atoms with E-state index < -0.39 is 17.5 Å². The van der Waals surface area contributed by atoms with E-state index in [0.29, 0.717) is 0 Å². The number of hydrogen-bond donors (Lipinski definition) is 1. The van der Waals surface area contributed by atoms with Gasteiger partial charge in [-0.1, -0.05) is 0 Å². The average molecular weight is 241 g/mol. The molecule has 6 heteroatoms. The van der Waals surface area contributed by atoms with Crippen molar-refractivity contribution in [3.63, 3.8) is 0 Å². The van der Waals surface area contributed by atoms with Crippen LogP contribution in [-0.4, -0.2) is 9.78 Å². The molecule has 0 aliphatic heterocycles. The molecular weight excluding hydrogens is 231 g/mol. The molecule has 0 saturated heterocycles. The van der Waals surface area contributed by atoms with Crippen molar-refractivity contribution in [1.82, 2.24) is 9.78 Å². The normalized spacial score (nSPS) is 10.6. The number of aromatic nitrogens is 2. The molecule has 90 valence electrons. The number of benzene rings is 1. The van der Waals surface area contributed by atoms with Gasteiger partial charge in [0.1, 0.15) is 0 Å². The Kier molecular flexibility index (Phi) is 3.03. The van der Waals surface area contributed by atoms with E-state index in [9.17, 15) is 13.2 Å². The van der Waals surface area contributed by atoms with Crippen LogP contribution < -0.4 is 5.32 Å². The predicted octanol–water partition coefficient (Wildman–Crippen LogP) is 2.45. The van der Waals surface area contributed by atoms with Gasteiger partial charge in [-0.25, -0.2) is 13.2 Å². The number of nitrogens with zero attached hydrogens (tertiary/aromatic N) is 2. The number of nitrogens with one attached hydrogen (secondary N) is 1. The lowest BCUT2D eigenvalue weighted by atomic mass is 10.2. The number of rotatable bonds is 3. The van der Waals surface area contributed by atoms with Gasteiger partial charge in [0.25, 0.3) is 0 Å². The van der Waals surface area contributed by atoms with Crippen molar-refractivity contribution in [2.45, 2.75) is 6.54 Å². The third-order valence-electron chi connectivity index (χ3n) is 2.42. The van der Waals surface area contributed by atoms with Gasteiger partial charge in [0, 0.05) is 13.2 Å². The van der Waals surface area contributed by atoms with E-state index in [4.69, 9.17) is 0 Å². The second-order valence-electron chi connectivity index (χ2n) is 3.52. The Labute approximate surface area is 95.9 Å². The van der Waals surface area contributed by atoms with Gasteiger partial charge in [0.15, 0.2) is 17.5 Å². The first-order valence-electron chi connectivity index (χ1n) is 4.94. The minimum Gasteiger partial charge on any atom is -0.377 e. The minimum atomic E-state index is -1.47. The molecule has 0 bridgehead atoms. The summed E-state index contributed by atoms with van der Waals surface area (Å²) in [6.45, 7) is 0.276. The molecule has 1 aromatic heterocycles. The van der Waals surface area contributed by atoms with Crippen LogP contribution in [0.25, 0.3) is 0 Å². The zero-order valence-corrected chi connectivity index (χ0v) is 9.04. The van der Waals surface area contributed by atoms with Gasteiger partial charge in [-0.3, -0.25) is 4.68 Å². The lowest BCUT2D eigenvalue weighted by Gasteiger charge is -2.08. The number of hydrogen-bond acceptors (Lipinski definition) is 2. The SMILES string of the molecule is Cn1nccc1CNc1ccc(F)c(F)c1F. The lowest BCUT2D eigenvalue weighted by molar-refractivity contribution is 0.449. The van der Waals surface area contributed by atoms with Crippen molar-refractivity contribution in [2.24, 2.45) is 7.05 Å². The van der Waals surface area contributed by atoms with Crippen molar-refractivity contribution >= 4 is 5.69 Å². The highest BCUT2D eigenvalue weighted by Crippen LogP contribution is 2.20. The zero-order valence-electron chi connectivity index (χ0n) is 9.04. The van der Waals surface area contributed by atoms with Crippen LogP contribution >= 0.6 is 0 Å². The minimum absolute atomic E-state index is 0.0786. The summed E-state index contributed by atoms with van der Waals surface area (Å²) in [7, 11) is 1.73. The molecule has 1 N–H and O–H groups in total. The summed E-state index contributed by atoms with van der Waals surface area (Å²) in [5, 5.41) is 6.61. The molecule has 2 aromatic rings. The van der Waals surface area contributed by atoms with Gasteiger partial charge in [0.2, 0.25) is 0 Å². The average Bonchev–Trinajstić information content (AvgIpc) is 2.71. The Bertz CT molecular complexity index is 537. The van der Waals surface area contributed by atoms with Gasteiger partial charge in [-0.2, -0.15) is 5.10 Å². The number of anilines is 1. The van der Waals surface area contributed by atoms with Crippen LogP contribution in [0.1, 0.15) is 5.69 Å². The maximum absolute atomic E-state index is 13.3. The Balaban J connectivity index is 2.15. The highest BCUT2D eigenvalue weighted by molar-refractivity contribution is 5.45. The topological polar surface area (TPSA) is 29.9 Å². The highest BCUT2D eigenvalue weighted by Gasteiger charge is 2.13. The lowest BCUT2D eigenvalue weighted by Crippen LogP contribution is -2.07. The zero-order chi connectivity index (χ0) is 12.4. The van der Waals surface area contributed by atoms with E-state index >= 15 is 0 Å². The van der Waals surface area contributed by atoms with Gasteiger partial charge in [-0.05, 0) is 18.2 Å². The third kappa shape index (κ3) is 2.25. The molecule has 0 fully saturated rings. The summed E-state index contributed by atoms with van der Waals surface area (Å²) in [5.41, 5.74) is 0.722. The smallest absolute Gasteiger partial charge is 0.196 e. The molecular formula is C11H10F3N3. The van der Waals surface area contributed by atoms with Crippen LogP contribution in [0.3, 0.4) is 0 Å². The summed E-state index contributed by atoms with van der Waals surface area (Å²) in [4.78, 5) is 0. The first-order chi connectivity index (χ1) is 8.09. The fourth-order valence-electron chi connectivity index (χ4n) is 1.42. The van der Waals surface area contributed by atoms with E-state index in [1.165, 1.54) is 0 Å². The first kappa shape index (κ1) is 11.5. The molecule has 0 radical (unpaired) electrons. The monoisotopic (exact) mass is 241 g/mol. The molecule has 17 heavy (non-hydrogen) atoms. The maximum atomic E-state index is 13.3. The molecule has 1 heterocycles. The standard InChI is InChI=1S/C11H10F3N3/c1-17-7(4-5-16-17)6-15-9-3-2-8(12)10(13)11(9)14/h2-5,15H,6H2,1H3. The van der Waals surface area contributed by atoms with Crippen molar-refractivity contribution in [1.29, 1.82) is 0 Å². The molecule has 2 rings (SSSR count). The molecule has 0 aliphatic carbocycles. The second-order valence-corrected chi connectivity index (χ2v) is 3.52. The summed E-state index contributed by atoms with van der Waals surface area (Å²) >= 11 is 0. The van der Waals surface area contributed by atoms with Crippen LogP contribution in [0.4, 0.5) is 18.9 Å². The van der Waals surface area contributed by atoms with Gasteiger partial charge < -0.3 is 5.32 Å². The Morgan fingerprint density at radius 1 is 1.18 bits per heavy atom. The van der Waals surface area contributed by atoms with E-state index in [2.05, 4.69) is 10.4 Å². The fourth-order valence-corrected chi connectivity index (χ4v) is 1.42. The van der Waals surface area contributed by atoms with Crippen molar-refractivity contribution in [3.8, 4) is 0 Å². The van der Waals surface area contributed by atoms with Crippen LogP contribution in [0, 0.1) is 17.5 Å². The molecule has 0 amide bonds. The van der Waals surface area contributed by atoms with Crippen LogP contribution in [0.2, 0.25) is 0 Å². The summed E-state index contributed by atoms with van der Waals surface area (Å²) in [5.74, 6) is -3.89. The van der Waals surface area contributed by atoms with Crippen LogP contribution in [0.15, 0.2) is 24.4 Å². The summed E-state index contributed by atoms with van der Waals surface area (Å²) < 4.78 is 40.5. The molecule has 3 nitrogen and oxygen atoms in total. The van der Waals surface area contributed by atoms with Gasteiger partial charge in [-0.15, -0.1) is 0 Å². The fraction of sp³-hybridized carbons (Fsp3) is 0.182. The highest BCUT2D eigenvalue weighted by atomic mass is 19.2. The molecule has 0 aliphatic rings. The van der Waals surface area contributed by atoms with Crippen molar-refractivity contribution < 1.29 is 13.2 Å². The van der Waals surface area contributed by atoms with Gasteiger partial charge >= 0.3 is 0 Å². The van der Waals surface area contributed by atoms with Crippen molar-refractivity contribution in [3.05, 3.63) is 47.5 Å². The summed E-state index contributed by atoms with van der Waals surface area (Å²) in [6.07, 6.45) is 1.60. The van der Waals surface area contributed by atoms with E-state index in [1.807, 2.05) is 0 Å². The van der Waals surface area contributed by atoms with E-state index in [0.717, 1.165) is 17.8 Å². The molecule has 1 aromatic carbocycles.